The highest BCUT2D eigenvalue weighted by molar-refractivity contribution is 6.02. The molecule has 2 N–H and O–H groups in total. The lowest BCUT2D eigenvalue weighted by Gasteiger charge is -2.30. The third-order valence-electron chi connectivity index (χ3n) is 4.77. The Morgan fingerprint density at radius 1 is 1.20 bits per heavy atom. The zero-order valence-corrected chi connectivity index (χ0v) is 14.8. The van der Waals surface area contributed by atoms with Gasteiger partial charge in [0.2, 0.25) is 5.91 Å². The van der Waals surface area contributed by atoms with E-state index in [2.05, 4.69) is 15.5 Å². The number of anilines is 2. The van der Waals surface area contributed by atoms with Gasteiger partial charge < -0.3 is 20.3 Å². The number of amides is 2. The Hall–Kier alpha value is -2.08. The molecule has 0 saturated carbocycles. The summed E-state index contributed by atoms with van der Waals surface area (Å²) in [5, 5.41) is 5.76. The number of nitrogens with one attached hydrogen (secondary N) is 2. The van der Waals surface area contributed by atoms with E-state index >= 15 is 0 Å². The molecule has 6 nitrogen and oxygen atoms in total. The van der Waals surface area contributed by atoms with E-state index in [4.69, 9.17) is 4.74 Å². The quantitative estimate of drug-likeness (QED) is 0.860. The van der Waals surface area contributed by atoms with Crippen LogP contribution in [0.4, 0.5) is 11.4 Å². The Morgan fingerprint density at radius 2 is 2.00 bits per heavy atom. The number of hydrogen-bond acceptors (Lipinski definition) is 4. The second-order valence-corrected chi connectivity index (χ2v) is 6.81. The van der Waals surface area contributed by atoms with Crippen LogP contribution in [0.5, 0.6) is 0 Å². The van der Waals surface area contributed by atoms with Crippen molar-refractivity contribution in [1.29, 1.82) is 0 Å². The fraction of sp³-hybridized carbons (Fsp3) is 0.579. The fourth-order valence-corrected chi connectivity index (χ4v) is 3.52. The summed E-state index contributed by atoms with van der Waals surface area (Å²) in [6, 6.07) is 5.58. The normalized spacial score (nSPS) is 20.4. The summed E-state index contributed by atoms with van der Waals surface area (Å²) >= 11 is 0. The molecule has 1 aromatic rings. The maximum absolute atomic E-state index is 12.8. The second-order valence-electron chi connectivity index (χ2n) is 6.81. The molecule has 3 rings (SSSR count). The monoisotopic (exact) mass is 345 g/mol. The van der Waals surface area contributed by atoms with E-state index in [0.717, 1.165) is 51.1 Å². The van der Waals surface area contributed by atoms with Crippen molar-refractivity contribution in [3.05, 3.63) is 23.8 Å². The van der Waals surface area contributed by atoms with E-state index in [0.29, 0.717) is 17.8 Å². The first-order valence-corrected chi connectivity index (χ1v) is 9.20. The summed E-state index contributed by atoms with van der Waals surface area (Å²) in [7, 11) is 0. The smallest absolute Gasteiger partial charge is 0.253 e. The zero-order chi connectivity index (χ0) is 17.6. The summed E-state index contributed by atoms with van der Waals surface area (Å²) in [5.41, 5.74) is 2.21. The van der Waals surface area contributed by atoms with E-state index in [-0.39, 0.29) is 17.9 Å². The van der Waals surface area contributed by atoms with Crippen molar-refractivity contribution in [1.82, 2.24) is 5.32 Å². The number of rotatable bonds is 5. The average Bonchev–Trinajstić information content (AvgIpc) is 3.13. The van der Waals surface area contributed by atoms with Crippen LogP contribution in [0.2, 0.25) is 0 Å². The summed E-state index contributed by atoms with van der Waals surface area (Å²) in [5.74, 6) is -0.250. The van der Waals surface area contributed by atoms with Gasteiger partial charge in [-0.05, 0) is 50.3 Å². The maximum atomic E-state index is 12.8. The molecule has 0 aromatic heterocycles. The number of benzene rings is 1. The Bertz CT molecular complexity index is 620. The lowest BCUT2D eigenvalue weighted by atomic mass is 10.1. The van der Waals surface area contributed by atoms with Gasteiger partial charge >= 0.3 is 0 Å². The zero-order valence-electron chi connectivity index (χ0n) is 14.8. The number of hydrogen-bond donors (Lipinski definition) is 2. The summed E-state index contributed by atoms with van der Waals surface area (Å²) < 4.78 is 5.58. The summed E-state index contributed by atoms with van der Waals surface area (Å²) in [6.07, 6.45) is 5.68. The van der Waals surface area contributed by atoms with Gasteiger partial charge in [0.05, 0.1) is 11.7 Å². The van der Waals surface area contributed by atoms with E-state index < -0.39 is 0 Å². The van der Waals surface area contributed by atoms with E-state index in [9.17, 15) is 9.59 Å². The molecule has 2 amide bonds. The second kappa shape index (κ2) is 8.34. The van der Waals surface area contributed by atoms with Gasteiger partial charge in [-0.3, -0.25) is 9.59 Å². The Labute approximate surface area is 148 Å². The van der Waals surface area contributed by atoms with Gasteiger partial charge in [-0.25, -0.2) is 0 Å². The number of piperidine rings is 1. The van der Waals surface area contributed by atoms with E-state index in [1.165, 1.54) is 13.3 Å². The number of carbonyl (C=O) groups is 2. The number of carbonyl (C=O) groups excluding carboxylic acids is 2. The van der Waals surface area contributed by atoms with Gasteiger partial charge in [-0.1, -0.05) is 0 Å². The van der Waals surface area contributed by atoms with Crippen molar-refractivity contribution in [2.45, 2.75) is 45.1 Å². The van der Waals surface area contributed by atoms with Crippen LogP contribution in [-0.4, -0.2) is 44.2 Å². The predicted octanol–water partition coefficient (Wildman–Crippen LogP) is 2.54. The van der Waals surface area contributed by atoms with Crippen LogP contribution >= 0.6 is 0 Å². The van der Waals surface area contributed by atoms with Gasteiger partial charge in [0.25, 0.3) is 5.91 Å². The van der Waals surface area contributed by atoms with Gasteiger partial charge in [0.15, 0.2) is 0 Å². The summed E-state index contributed by atoms with van der Waals surface area (Å²) in [6.45, 7) is 4.70. The molecule has 6 heteroatoms. The van der Waals surface area contributed by atoms with Crippen LogP contribution in [0.3, 0.4) is 0 Å². The molecule has 0 radical (unpaired) electrons. The SMILES string of the molecule is CC(=O)Nc1ccc(N2CCCCC2)c(C(=O)NC[C@@H]2CCCO2)c1. The molecule has 1 aromatic carbocycles. The highest BCUT2D eigenvalue weighted by Crippen LogP contribution is 2.27. The molecule has 0 unspecified atom stereocenters. The van der Waals surface area contributed by atoms with Gasteiger partial charge in [0.1, 0.15) is 0 Å². The van der Waals surface area contributed by atoms with Crippen LogP contribution in [0.1, 0.15) is 49.4 Å². The van der Waals surface area contributed by atoms with Crippen LogP contribution in [-0.2, 0) is 9.53 Å². The third-order valence-corrected chi connectivity index (χ3v) is 4.77. The van der Waals surface area contributed by atoms with Crippen LogP contribution in [0, 0.1) is 0 Å². The molecule has 2 aliphatic heterocycles. The third kappa shape index (κ3) is 4.72. The fourth-order valence-electron chi connectivity index (χ4n) is 3.52. The molecule has 2 fully saturated rings. The molecule has 25 heavy (non-hydrogen) atoms. The van der Waals surface area contributed by atoms with Gasteiger partial charge in [-0.15, -0.1) is 0 Å². The Kier molecular flexibility index (Phi) is 5.91. The molecule has 136 valence electrons. The van der Waals surface area contributed by atoms with Crippen molar-refractivity contribution >= 4 is 23.2 Å². The number of ether oxygens (including phenoxy) is 1. The summed E-state index contributed by atoms with van der Waals surface area (Å²) in [4.78, 5) is 26.4. The van der Waals surface area contributed by atoms with Crippen LogP contribution < -0.4 is 15.5 Å². The van der Waals surface area contributed by atoms with E-state index in [1.807, 2.05) is 12.1 Å². The Balaban J connectivity index is 1.78. The molecule has 2 saturated heterocycles. The van der Waals surface area contributed by atoms with Crippen molar-refractivity contribution in [3.8, 4) is 0 Å². The first kappa shape index (κ1) is 17.7. The number of nitrogens with zero attached hydrogens (tertiary/aromatic N) is 1. The van der Waals surface area contributed by atoms with Crippen molar-refractivity contribution in [2.24, 2.45) is 0 Å². The first-order valence-electron chi connectivity index (χ1n) is 9.20. The largest absolute Gasteiger partial charge is 0.376 e. The first-order chi connectivity index (χ1) is 12.1. The highest BCUT2D eigenvalue weighted by atomic mass is 16.5. The standard InChI is InChI=1S/C19H27N3O3/c1-14(23)21-15-7-8-18(22-9-3-2-4-10-22)17(12-15)19(24)20-13-16-6-5-11-25-16/h7-8,12,16H,2-6,9-11,13H2,1H3,(H,20,24)(H,21,23)/t16-/m0/s1. The highest BCUT2D eigenvalue weighted by Gasteiger charge is 2.21. The van der Waals surface area contributed by atoms with Crippen molar-refractivity contribution < 1.29 is 14.3 Å². The predicted molar refractivity (Wildman–Crippen MR) is 98.1 cm³/mol. The lowest BCUT2D eigenvalue weighted by molar-refractivity contribution is -0.114. The van der Waals surface area contributed by atoms with Gasteiger partial charge in [-0.2, -0.15) is 0 Å². The average molecular weight is 345 g/mol. The molecule has 0 spiro atoms. The molecule has 1 atom stereocenters. The van der Waals surface area contributed by atoms with E-state index in [1.54, 1.807) is 6.07 Å². The topological polar surface area (TPSA) is 70.7 Å². The minimum Gasteiger partial charge on any atom is -0.376 e. The maximum Gasteiger partial charge on any atom is 0.253 e. The molecule has 0 bridgehead atoms. The van der Waals surface area contributed by atoms with Crippen LogP contribution in [0.15, 0.2) is 18.2 Å². The minimum atomic E-state index is -0.142. The molecule has 2 heterocycles. The van der Waals surface area contributed by atoms with Crippen molar-refractivity contribution in [2.75, 3.05) is 36.5 Å². The van der Waals surface area contributed by atoms with Crippen molar-refractivity contribution in [3.63, 3.8) is 0 Å². The Morgan fingerprint density at radius 3 is 2.68 bits per heavy atom. The molecule has 0 aliphatic carbocycles. The lowest BCUT2D eigenvalue weighted by Crippen LogP contribution is -2.35. The van der Waals surface area contributed by atoms with Gasteiger partial charge in [0, 0.05) is 44.5 Å². The minimum absolute atomic E-state index is 0.108. The molecule has 2 aliphatic rings. The molecular weight excluding hydrogens is 318 g/mol. The van der Waals surface area contributed by atoms with Crippen LogP contribution in [0.25, 0.3) is 0 Å². The molecular formula is C19H27N3O3.